The average Bonchev–Trinajstić information content (AvgIpc) is 2.19. The molecule has 4 nitrogen and oxygen atoms in total. The molecule has 1 heterocycles. The molecule has 1 fully saturated rings. The Labute approximate surface area is 95.3 Å². The summed E-state index contributed by atoms with van der Waals surface area (Å²) in [6.45, 7) is 0. The fourth-order valence-electron chi connectivity index (χ4n) is 1.82. The summed E-state index contributed by atoms with van der Waals surface area (Å²) >= 11 is 0. The molecule has 1 aromatic heterocycles. The first-order valence-electron chi connectivity index (χ1n) is 5.75. The third kappa shape index (κ3) is 2.95. The van der Waals surface area contributed by atoms with E-state index < -0.39 is 0 Å². The predicted molar refractivity (Wildman–Crippen MR) is 63.9 cm³/mol. The minimum atomic E-state index is 0.0680. The largest absolute Gasteiger partial charge is 0.384 e. The molecular weight excluding hydrogens is 202 g/mol. The van der Waals surface area contributed by atoms with Crippen LogP contribution >= 0.6 is 0 Å². The molecule has 86 valence electrons. The van der Waals surface area contributed by atoms with Gasteiger partial charge in [-0.2, -0.15) is 0 Å². The summed E-state index contributed by atoms with van der Waals surface area (Å²) < 4.78 is 0. The van der Waals surface area contributed by atoms with Crippen molar-refractivity contribution in [3.05, 3.63) is 18.3 Å². The summed E-state index contributed by atoms with van der Waals surface area (Å²) in [6, 6.07) is 3.45. The molecule has 3 N–H and O–H groups in total. The molecular formula is C12H17N3O. The number of aromatic nitrogens is 1. The zero-order valence-electron chi connectivity index (χ0n) is 9.28. The van der Waals surface area contributed by atoms with Crippen molar-refractivity contribution in [2.75, 3.05) is 11.1 Å². The Morgan fingerprint density at radius 3 is 2.88 bits per heavy atom. The van der Waals surface area contributed by atoms with Crippen LogP contribution in [0.15, 0.2) is 18.3 Å². The first kappa shape index (κ1) is 10.9. The van der Waals surface area contributed by atoms with Crippen LogP contribution in [0, 0.1) is 5.92 Å². The van der Waals surface area contributed by atoms with E-state index in [9.17, 15) is 4.79 Å². The van der Waals surface area contributed by atoms with E-state index in [1.807, 2.05) is 0 Å². The fourth-order valence-corrected chi connectivity index (χ4v) is 1.82. The second kappa shape index (κ2) is 4.96. The van der Waals surface area contributed by atoms with E-state index in [1.165, 1.54) is 19.3 Å². The minimum Gasteiger partial charge on any atom is -0.384 e. The summed E-state index contributed by atoms with van der Waals surface area (Å²) in [4.78, 5) is 15.5. The Morgan fingerprint density at radius 2 is 2.31 bits per heavy atom. The number of amides is 1. The molecule has 1 aliphatic carbocycles. The van der Waals surface area contributed by atoms with E-state index in [0.29, 0.717) is 17.9 Å². The Hall–Kier alpha value is -1.58. The van der Waals surface area contributed by atoms with Gasteiger partial charge in [0.25, 0.3) is 0 Å². The lowest BCUT2D eigenvalue weighted by atomic mass is 9.82. The van der Waals surface area contributed by atoms with Crippen molar-refractivity contribution in [2.45, 2.75) is 32.1 Å². The summed E-state index contributed by atoms with van der Waals surface area (Å²) in [5.41, 5.74) is 6.17. The van der Waals surface area contributed by atoms with Gasteiger partial charge < -0.3 is 11.1 Å². The third-order valence-corrected chi connectivity index (χ3v) is 3.07. The van der Waals surface area contributed by atoms with Crippen molar-refractivity contribution >= 4 is 17.4 Å². The molecule has 0 aromatic carbocycles. The second-order valence-corrected chi connectivity index (χ2v) is 4.36. The summed E-state index contributed by atoms with van der Waals surface area (Å²) in [5, 5.41) is 2.82. The maximum atomic E-state index is 11.6. The zero-order chi connectivity index (χ0) is 11.4. The van der Waals surface area contributed by atoms with Crippen LogP contribution in [0.25, 0.3) is 0 Å². The van der Waals surface area contributed by atoms with Gasteiger partial charge >= 0.3 is 0 Å². The molecule has 2 rings (SSSR count). The van der Waals surface area contributed by atoms with E-state index in [-0.39, 0.29) is 5.91 Å². The van der Waals surface area contributed by atoms with Crippen molar-refractivity contribution in [3.63, 3.8) is 0 Å². The van der Waals surface area contributed by atoms with Gasteiger partial charge in [0.2, 0.25) is 5.91 Å². The molecule has 0 aliphatic heterocycles. The number of carbonyl (C=O) groups excluding carboxylic acids is 1. The van der Waals surface area contributed by atoms with Gasteiger partial charge in [-0.25, -0.2) is 4.98 Å². The highest BCUT2D eigenvalue weighted by atomic mass is 16.1. The van der Waals surface area contributed by atoms with Crippen LogP contribution < -0.4 is 11.1 Å². The summed E-state index contributed by atoms with van der Waals surface area (Å²) in [6.07, 6.45) is 7.10. The van der Waals surface area contributed by atoms with Crippen molar-refractivity contribution in [1.29, 1.82) is 0 Å². The molecule has 0 radical (unpaired) electrons. The SMILES string of the molecule is Nc1ccc(NC(=O)CCC2CCC2)cn1. The lowest BCUT2D eigenvalue weighted by molar-refractivity contribution is -0.116. The van der Waals surface area contributed by atoms with Gasteiger partial charge in [-0.1, -0.05) is 19.3 Å². The minimum absolute atomic E-state index is 0.0680. The van der Waals surface area contributed by atoms with Crippen LogP contribution in [0.1, 0.15) is 32.1 Å². The Bertz CT molecular complexity index is 357. The number of nitrogen functional groups attached to an aromatic ring is 1. The lowest BCUT2D eigenvalue weighted by Gasteiger charge is -2.24. The Morgan fingerprint density at radius 1 is 1.50 bits per heavy atom. The van der Waals surface area contributed by atoms with Crippen LogP contribution in [0.5, 0.6) is 0 Å². The van der Waals surface area contributed by atoms with Gasteiger partial charge in [0.05, 0.1) is 11.9 Å². The first-order chi connectivity index (χ1) is 7.74. The smallest absolute Gasteiger partial charge is 0.224 e. The first-order valence-corrected chi connectivity index (χ1v) is 5.75. The Kier molecular flexibility index (Phi) is 3.39. The van der Waals surface area contributed by atoms with E-state index in [2.05, 4.69) is 10.3 Å². The quantitative estimate of drug-likeness (QED) is 0.815. The van der Waals surface area contributed by atoms with Crippen molar-refractivity contribution in [3.8, 4) is 0 Å². The molecule has 1 aromatic rings. The summed E-state index contributed by atoms with van der Waals surface area (Å²) in [7, 11) is 0. The van der Waals surface area contributed by atoms with Crippen molar-refractivity contribution in [1.82, 2.24) is 4.98 Å². The number of hydrogen-bond donors (Lipinski definition) is 2. The van der Waals surface area contributed by atoms with Crippen molar-refractivity contribution < 1.29 is 4.79 Å². The van der Waals surface area contributed by atoms with E-state index >= 15 is 0 Å². The maximum Gasteiger partial charge on any atom is 0.224 e. The molecule has 0 bridgehead atoms. The standard InChI is InChI=1S/C12H17N3O/c13-11-6-5-10(8-14-11)15-12(16)7-4-9-2-1-3-9/h5-6,8-9H,1-4,7H2,(H2,13,14)(H,15,16). The summed E-state index contributed by atoms with van der Waals surface area (Å²) in [5.74, 6) is 1.31. The molecule has 0 spiro atoms. The van der Waals surface area contributed by atoms with Crippen LogP contribution in [-0.4, -0.2) is 10.9 Å². The highest BCUT2D eigenvalue weighted by molar-refractivity contribution is 5.90. The van der Waals surface area contributed by atoms with Crippen LogP contribution in [-0.2, 0) is 4.79 Å². The molecule has 0 unspecified atom stereocenters. The normalized spacial score (nSPS) is 15.5. The lowest BCUT2D eigenvalue weighted by Crippen LogP contribution is -2.17. The highest BCUT2D eigenvalue weighted by Gasteiger charge is 2.18. The van der Waals surface area contributed by atoms with Crippen LogP contribution in [0.2, 0.25) is 0 Å². The third-order valence-electron chi connectivity index (χ3n) is 3.07. The number of hydrogen-bond acceptors (Lipinski definition) is 3. The number of carbonyl (C=O) groups is 1. The zero-order valence-corrected chi connectivity index (χ0v) is 9.28. The van der Waals surface area contributed by atoms with Crippen LogP contribution in [0.3, 0.4) is 0 Å². The predicted octanol–water partition coefficient (Wildman–Crippen LogP) is 2.18. The van der Waals surface area contributed by atoms with Gasteiger partial charge in [0.1, 0.15) is 5.82 Å². The number of rotatable bonds is 4. The molecule has 1 saturated carbocycles. The van der Waals surface area contributed by atoms with E-state index in [1.54, 1.807) is 18.3 Å². The number of nitrogens with one attached hydrogen (secondary N) is 1. The maximum absolute atomic E-state index is 11.6. The molecule has 1 aliphatic rings. The molecule has 1 amide bonds. The average molecular weight is 219 g/mol. The van der Waals surface area contributed by atoms with Gasteiger partial charge in [-0.05, 0) is 24.5 Å². The molecule has 0 saturated heterocycles. The van der Waals surface area contributed by atoms with E-state index in [4.69, 9.17) is 5.73 Å². The van der Waals surface area contributed by atoms with Gasteiger partial charge in [0, 0.05) is 6.42 Å². The monoisotopic (exact) mass is 219 g/mol. The Balaban J connectivity index is 1.75. The molecule has 0 atom stereocenters. The van der Waals surface area contributed by atoms with Gasteiger partial charge in [-0.15, -0.1) is 0 Å². The van der Waals surface area contributed by atoms with Crippen molar-refractivity contribution in [2.24, 2.45) is 5.92 Å². The topological polar surface area (TPSA) is 68.0 Å². The second-order valence-electron chi connectivity index (χ2n) is 4.36. The van der Waals surface area contributed by atoms with Crippen LogP contribution in [0.4, 0.5) is 11.5 Å². The number of anilines is 2. The highest BCUT2D eigenvalue weighted by Crippen LogP contribution is 2.30. The van der Waals surface area contributed by atoms with Gasteiger partial charge in [-0.3, -0.25) is 4.79 Å². The number of pyridine rings is 1. The fraction of sp³-hybridized carbons (Fsp3) is 0.500. The molecule has 16 heavy (non-hydrogen) atoms. The number of nitrogens with two attached hydrogens (primary N) is 1. The van der Waals surface area contributed by atoms with Gasteiger partial charge in [0.15, 0.2) is 0 Å². The molecule has 4 heteroatoms. The van der Waals surface area contributed by atoms with E-state index in [0.717, 1.165) is 12.3 Å². The number of nitrogens with zero attached hydrogens (tertiary/aromatic N) is 1.